The molecule has 0 radical (unpaired) electrons. The van der Waals surface area contributed by atoms with Gasteiger partial charge in [0.1, 0.15) is 39.2 Å². The van der Waals surface area contributed by atoms with Gasteiger partial charge in [0.05, 0.1) is 37.9 Å². The van der Waals surface area contributed by atoms with Gasteiger partial charge in [0.15, 0.2) is 0 Å². The van der Waals surface area contributed by atoms with Gasteiger partial charge < -0.3 is 33.2 Å². The molecule has 0 spiro atoms. The molecule has 0 aromatic carbocycles. The lowest BCUT2D eigenvalue weighted by Crippen LogP contribution is -2.58. The first-order chi connectivity index (χ1) is 47.5. The minimum atomic E-state index is -0.372. The van der Waals surface area contributed by atoms with E-state index in [1.54, 1.807) is 0 Å². The average Bonchev–Trinajstić information content (AvgIpc) is 0.798. The number of ether oxygens (including phenoxy) is 7. The van der Waals surface area contributed by atoms with Crippen LogP contribution in [0.1, 0.15) is 433 Å². The predicted molar refractivity (Wildman–Crippen MR) is 427 cm³/mol. The van der Waals surface area contributed by atoms with Crippen LogP contribution in [0.2, 0.25) is 0 Å². The smallest absolute Gasteiger partial charge is 0.312 e. The molecule has 0 unspecified atom stereocenters. The fraction of sp³-hybridized carbons (Fsp3) is 0.922. The molecular formula is C90H166O14. The highest BCUT2D eigenvalue weighted by Crippen LogP contribution is 2.60. The summed E-state index contributed by atoms with van der Waals surface area (Å²) < 4.78 is 39.7. The molecule has 8 aliphatic rings. The number of hydrogen-bond donors (Lipinski definition) is 0. The summed E-state index contributed by atoms with van der Waals surface area (Å²) >= 11 is 0. The standard InChI is InChI=1S/C17H28O2.C14H26O2.2C13H24O2.C12H22O2.C11H22O2.C10H20O2/c1-5-16(2,3)15(18)19-17(4)13-7-11-6-12(9-13)10-14(17)8-11;1-5-13(3,4)12(15)16-14(6-2)10-8-7-9-11-14;1-5-12(2,3)11(14)15-13(4)9-7-6-8-10-13;1-5-12(3,4)11(14)15-13(6-2)9-7-8-10-13;1-5-11(2,3)10(13)14-12(4)8-6-7-9-12;1-7-10(3,4)9(12)13-11(5,6)8-2;1-7-10(5,6)8(11)12-9(2,3)4/h11-14H,5-10H2,1-4H3;5-11H2,1-4H3;2*5-10H2,1-4H3;5-9H2,1-4H3;7-8H2,1-6H3;7H2,1-6H3. The van der Waals surface area contributed by atoms with Gasteiger partial charge in [-0.25, -0.2) is 0 Å². The Morgan fingerprint density at radius 2 is 0.510 bits per heavy atom. The second-order valence-corrected chi connectivity index (χ2v) is 39.6. The number of carbonyl (C=O) groups is 7. The summed E-state index contributed by atoms with van der Waals surface area (Å²) in [4.78, 5) is 83.5. The quantitative estimate of drug-likeness (QED) is 0.0695. The van der Waals surface area contributed by atoms with Crippen LogP contribution < -0.4 is 0 Å². The van der Waals surface area contributed by atoms with Crippen LogP contribution in [0, 0.1) is 61.6 Å². The number of hydrogen-bond acceptors (Lipinski definition) is 14. The molecule has 8 rings (SSSR count). The molecule has 0 heterocycles. The summed E-state index contributed by atoms with van der Waals surface area (Å²) in [5, 5.41) is 0. The van der Waals surface area contributed by atoms with E-state index < -0.39 is 0 Å². The molecular weight excluding hydrogens is 1300 g/mol. The fourth-order valence-electron chi connectivity index (χ4n) is 13.8. The van der Waals surface area contributed by atoms with Crippen LogP contribution in [0.5, 0.6) is 0 Å². The van der Waals surface area contributed by atoms with Crippen LogP contribution in [0.3, 0.4) is 0 Å². The Morgan fingerprint density at radius 3 is 0.769 bits per heavy atom. The van der Waals surface area contributed by atoms with E-state index in [1.165, 1.54) is 96.3 Å². The lowest BCUT2D eigenvalue weighted by atomic mass is 9.50. The average molecular weight is 1470 g/mol. The highest BCUT2D eigenvalue weighted by atomic mass is 16.6. The summed E-state index contributed by atoms with van der Waals surface area (Å²) in [5.74, 6) is 2.80. The molecule has 8 fully saturated rings. The van der Waals surface area contributed by atoms with Gasteiger partial charge in [0.2, 0.25) is 0 Å². The second kappa shape index (κ2) is 40.8. The monoisotopic (exact) mass is 1470 g/mol. The summed E-state index contributed by atoms with van der Waals surface area (Å²) in [6.45, 7) is 63.7. The zero-order valence-electron chi connectivity index (χ0n) is 73.9. The van der Waals surface area contributed by atoms with Crippen molar-refractivity contribution in [1.82, 2.24) is 0 Å². The van der Waals surface area contributed by atoms with E-state index in [1.807, 2.05) is 180 Å². The van der Waals surface area contributed by atoms with Crippen LogP contribution in [0.4, 0.5) is 0 Å². The fourth-order valence-corrected chi connectivity index (χ4v) is 13.8. The van der Waals surface area contributed by atoms with E-state index in [4.69, 9.17) is 33.2 Å². The predicted octanol–water partition coefficient (Wildman–Crippen LogP) is 24.9. The first kappa shape index (κ1) is 98.3. The minimum Gasteiger partial charge on any atom is -0.460 e. The maximum absolute atomic E-state index is 12.5. The summed E-state index contributed by atoms with van der Waals surface area (Å²) in [6, 6.07) is 0. The molecule has 4 bridgehead atoms. The van der Waals surface area contributed by atoms with E-state index in [0.717, 1.165) is 127 Å². The third-order valence-corrected chi connectivity index (χ3v) is 26.2. The summed E-state index contributed by atoms with van der Waals surface area (Å²) in [5.41, 5.74) is -3.89. The topological polar surface area (TPSA) is 184 Å². The molecule has 0 aromatic heterocycles. The molecule has 104 heavy (non-hydrogen) atoms. The Bertz CT molecular complexity index is 2590. The Hall–Kier alpha value is -3.71. The first-order valence-electron chi connectivity index (χ1n) is 42.1. The van der Waals surface area contributed by atoms with E-state index in [9.17, 15) is 33.6 Å². The maximum Gasteiger partial charge on any atom is 0.312 e. The van der Waals surface area contributed by atoms with Gasteiger partial charge in [-0.1, -0.05) is 82.1 Å². The lowest BCUT2D eigenvalue weighted by Gasteiger charge is -2.59. The van der Waals surface area contributed by atoms with Gasteiger partial charge in [0, 0.05) is 0 Å². The first-order valence-corrected chi connectivity index (χ1v) is 42.1. The number of rotatable bonds is 23. The van der Waals surface area contributed by atoms with Crippen LogP contribution >= 0.6 is 0 Å². The largest absolute Gasteiger partial charge is 0.460 e. The maximum atomic E-state index is 12.5. The molecule has 0 aliphatic heterocycles. The molecule has 14 nitrogen and oxygen atoms in total. The van der Waals surface area contributed by atoms with Crippen LogP contribution in [0.15, 0.2) is 0 Å². The SMILES string of the molecule is CCC(C)(C)C(=O)OC(C)(C)C.CCC(C)(C)C(=O)OC1(C)C2CC3CC(C2)CC1C3.CCC(C)(C)C(=O)OC1(C)CCCC1.CCC(C)(C)C(=O)OC1(C)CCCCC1.CCC(C)(C)OC(=O)C(C)(C)CC.CCC1(OC(=O)C(C)(C)CC)CCCC1.CCC1(OC(=O)C(C)(C)CC)CCCCC1. The zero-order valence-corrected chi connectivity index (χ0v) is 73.9. The number of esters is 7. The number of carbonyl (C=O) groups excluding carboxylic acids is 7. The van der Waals surface area contributed by atoms with Gasteiger partial charge >= 0.3 is 41.8 Å². The lowest BCUT2D eigenvalue weighted by molar-refractivity contribution is -0.211. The molecule has 0 atom stereocenters. The molecule has 0 amide bonds. The van der Waals surface area contributed by atoms with E-state index in [0.29, 0.717) is 11.8 Å². The Morgan fingerprint density at radius 1 is 0.279 bits per heavy atom. The summed E-state index contributed by atoms with van der Waals surface area (Å²) in [7, 11) is 0. The molecule has 0 aromatic rings. The molecule has 0 N–H and O–H groups in total. The van der Waals surface area contributed by atoms with Crippen LogP contribution in [-0.4, -0.2) is 81.0 Å². The van der Waals surface area contributed by atoms with E-state index >= 15 is 0 Å². The van der Waals surface area contributed by atoms with Crippen molar-refractivity contribution < 1.29 is 66.7 Å². The van der Waals surface area contributed by atoms with E-state index in [2.05, 4.69) is 41.5 Å². The van der Waals surface area contributed by atoms with Gasteiger partial charge in [-0.05, 0) is 375 Å². The summed E-state index contributed by atoms with van der Waals surface area (Å²) in [6.07, 6.45) is 35.6. The molecule has 14 heteroatoms. The van der Waals surface area contributed by atoms with Crippen molar-refractivity contribution >= 4 is 41.8 Å². The zero-order chi connectivity index (χ0) is 80.6. The van der Waals surface area contributed by atoms with Crippen molar-refractivity contribution in [2.24, 2.45) is 61.6 Å². The van der Waals surface area contributed by atoms with Crippen LogP contribution in [0.25, 0.3) is 0 Å². The van der Waals surface area contributed by atoms with Crippen molar-refractivity contribution in [3.8, 4) is 0 Å². The van der Waals surface area contributed by atoms with Crippen molar-refractivity contribution in [3.63, 3.8) is 0 Å². The van der Waals surface area contributed by atoms with Crippen LogP contribution in [-0.2, 0) is 66.7 Å². The highest BCUT2D eigenvalue weighted by Gasteiger charge is 2.58. The Balaban J connectivity index is 0.000000610. The minimum absolute atomic E-state index is 0.0150. The second-order valence-electron chi connectivity index (χ2n) is 39.6. The molecule has 610 valence electrons. The van der Waals surface area contributed by atoms with Gasteiger partial charge in [-0.15, -0.1) is 0 Å². The van der Waals surface area contributed by atoms with Gasteiger partial charge in [-0.2, -0.15) is 0 Å². The van der Waals surface area contributed by atoms with Gasteiger partial charge in [0.25, 0.3) is 0 Å². The molecule has 0 saturated heterocycles. The van der Waals surface area contributed by atoms with Gasteiger partial charge in [-0.3, -0.25) is 33.6 Å². The third-order valence-electron chi connectivity index (χ3n) is 26.2. The Kier molecular flexibility index (Phi) is 38.6. The van der Waals surface area contributed by atoms with Crippen molar-refractivity contribution in [2.75, 3.05) is 0 Å². The Labute approximate surface area is 639 Å². The normalized spacial score (nSPS) is 23.1. The van der Waals surface area contributed by atoms with Crippen molar-refractivity contribution in [2.45, 2.75) is 473 Å². The molecule has 8 aliphatic carbocycles. The third kappa shape index (κ3) is 31.0. The highest BCUT2D eigenvalue weighted by molar-refractivity contribution is 5.79. The molecule has 8 saturated carbocycles. The van der Waals surface area contributed by atoms with Crippen molar-refractivity contribution in [3.05, 3.63) is 0 Å². The van der Waals surface area contributed by atoms with Crippen molar-refractivity contribution in [1.29, 1.82) is 0 Å². The van der Waals surface area contributed by atoms with E-state index in [-0.39, 0.29) is 119 Å².